The van der Waals surface area contributed by atoms with Gasteiger partial charge in [0.2, 0.25) is 0 Å². The van der Waals surface area contributed by atoms with Crippen LogP contribution in [0.15, 0.2) is 131 Å². The normalized spacial score (nSPS) is 23.9. The first-order valence-electron chi connectivity index (χ1n) is 14.5. The molecule has 4 heteroatoms. The van der Waals surface area contributed by atoms with Crippen LogP contribution in [0.2, 0.25) is 0 Å². The molecule has 3 aliphatic rings. The van der Waals surface area contributed by atoms with Crippen LogP contribution in [0.5, 0.6) is 0 Å². The lowest BCUT2D eigenvalue weighted by Crippen LogP contribution is -2.28. The molecule has 1 heterocycles. The van der Waals surface area contributed by atoms with Crippen molar-refractivity contribution in [3.05, 3.63) is 132 Å². The highest BCUT2D eigenvalue weighted by Crippen LogP contribution is 2.72. The van der Waals surface area contributed by atoms with Crippen LogP contribution in [-0.4, -0.2) is 21.8 Å². The Balaban J connectivity index is 1.20. The molecule has 3 unspecified atom stereocenters. The fourth-order valence-electron chi connectivity index (χ4n) is 7.47. The van der Waals surface area contributed by atoms with Crippen LogP contribution in [0, 0.1) is 23.7 Å². The highest BCUT2D eigenvalue weighted by atomic mass is 31.1. The number of fused-ring (bicyclic) bond motifs is 6. The highest BCUT2D eigenvalue weighted by molar-refractivity contribution is 7.76. The van der Waals surface area contributed by atoms with E-state index in [1.165, 1.54) is 23.5 Å². The van der Waals surface area contributed by atoms with E-state index < -0.39 is 7.92 Å². The van der Waals surface area contributed by atoms with Crippen molar-refractivity contribution in [2.24, 2.45) is 28.7 Å². The van der Waals surface area contributed by atoms with Gasteiger partial charge in [0.25, 0.3) is 0 Å². The largest absolute Gasteiger partial charge is 0.292 e. The van der Waals surface area contributed by atoms with Gasteiger partial charge in [0.1, 0.15) is 0 Å². The third-order valence-corrected chi connectivity index (χ3v) is 11.9. The molecule has 196 valence electrons. The van der Waals surface area contributed by atoms with Gasteiger partial charge in [-0.2, -0.15) is 0 Å². The molecule has 8 rings (SSSR count). The van der Waals surface area contributed by atoms with E-state index >= 15 is 0 Å². The summed E-state index contributed by atoms with van der Waals surface area (Å²) in [5.74, 6) is 3.81. The van der Waals surface area contributed by atoms with Gasteiger partial charge in [-0.15, -0.1) is 0 Å². The minimum atomic E-state index is -0.577. The van der Waals surface area contributed by atoms with E-state index in [2.05, 4.69) is 127 Å². The number of aliphatic imine (C=N–C) groups is 1. The summed E-state index contributed by atoms with van der Waals surface area (Å²) in [6.45, 7) is 2.35. The second-order valence-electron chi connectivity index (χ2n) is 11.5. The second-order valence-corrected chi connectivity index (χ2v) is 13.7. The molecule has 0 N–H and O–H groups in total. The van der Waals surface area contributed by atoms with Crippen LogP contribution in [0.25, 0.3) is 16.7 Å². The monoisotopic (exact) mass is 537 g/mol. The van der Waals surface area contributed by atoms with E-state index in [9.17, 15) is 0 Å². The maximum atomic E-state index is 5.32. The van der Waals surface area contributed by atoms with Gasteiger partial charge in [0, 0.05) is 11.6 Å². The number of allylic oxidation sites excluding steroid dienone is 1. The summed E-state index contributed by atoms with van der Waals surface area (Å²) in [6.07, 6.45) is 4.70. The molecule has 40 heavy (non-hydrogen) atoms. The third-order valence-electron chi connectivity index (χ3n) is 9.21. The highest BCUT2D eigenvalue weighted by Gasteiger charge is 2.61. The van der Waals surface area contributed by atoms with Crippen LogP contribution in [-0.2, 0) is 0 Å². The number of benzene rings is 4. The summed E-state index contributed by atoms with van der Waals surface area (Å²) in [6, 6.07) is 41.6. The topological polar surface area (TPSA) is 30.2 Å². The molecule has 4 aromatic carbocycles. The SMILES string of the molecule is C[C@H](/N=C/c1nc2ccccc2n1-c1ccccc1)C1C(P(c2ccccc2)c2ccccc2)=C2CC1C1C[C@@H]21. The molecule has 5 aromatic rings. The summed E-state index contributed by atoms with van der Waals surface area (Å²) >= 11 is 0. The lowest BCUT2D eigenvalue weighted by molar-refractivity contribution is 0.340. The predicted molar refractivity (Wildman–Crippen MR) is 167 cm³/mol. The second kappa shape index (κ2) is 9.68. The lowest BCUT2D eigenvalue weighted by atomic mass is 9.86. The van der Waals surface area contributed by atoms with E-state index in [0.29, 0.717) is 5.92 Å². The van der Waals surface area contributed by atoms with Gasteiger partial charge >= 0.3 is 0 Å². The fourth-order valence-corrected chi connectivity index (χ4v) is 10.5. The molecule has 5 atom stereocenters. The van der Waals surface area contributed by atoms with Gasteiger partial charge in [-0.3, -0.25) is 9.56 Å². The van der Waals surface area contributed by atoms with E-state index in [1.807, 2.05) is 6.21 Å². The molecule has 0 radical (unpaired) electrons. The first kappa shape index (κ1) is 24.0. The molecule has 0 amide bonds. The van der Waals surface area contributed by atoms with Gasteiger partial charge in [-0.25, -0.2) is 4.98 Å². The van der Waals surface area contributed by atoms with E-state index in [4.69, 9.17) is 9.98 Å². The van der Waals surface area contributed by atoms with Gasteiger partial charge in [-0.1, -0.05) is 96.6 Å². The fraction of sp³-hybridized carbons (Fsp3) is 0.222. The maximum Gasteiger partial charge on any atom is 0.156 e. The van der Waals surface area contributed by atoms with Crippen LogP contribution < -0.4 is 10.6 Å². The number of hydrogen-bond acceptors (Lipinski definition) is 2. The average Bonchev–Trinajstić information content (AvgIpc) is 3.44. The first-order chi connectivity index (χ1) is 19.8. The van der Waals surface area contributed by atoms with Crippen molar-refractivity contribution in [3.8, 4) is 5.69 Å². The van der Waals surface area contributed by atoms with Crippen LogP contribution in [0.4, 0.5) is 0 Å². The van der Waals surface area contributed by atoms with Crippen LogP contribution in [0.1, 0.15) is 25.6 Å². The Morgan fingerprint density at radius 3 is 2.12 bits per heavy atom. The van der Waals surface area contributed by atoms with E-state index in [-0.39, 0.29) is 6.04 Å². The number of aromatic nitrogens is 2. The summed E-state index contributed by atoms with van der Waals surface area (Å²) in [4.78, 5) is 10.3. The molecule has 0 aliphatic heterocycles. The molecule has 3 nitrogen and oxygen atoms in total. The zero-order valence-electron chi connectivity index (χ0n) is 22.6. The molecule has 1 aromatic heterocycles. The average molecular weight is 538 g/mol. The van der Waals surface area contributed by atoms with E-state index in [0.717, 1.165) is 40.3 Å². The smallest absolute Gasteiger partial charge is 0.156 e. The Kier molecular flexibility index (Phi) is 5.81. The van der Waals surface area contributed by atoms with Crippen LogP contribution >= 0.6 is 7.92 Å². The van der Waals surface area contributed by atoms with Crippen LogP contribution in [0.3, 0.4) is 0 Å². The summed E-state index contributed by atoms with van der Waals surface area (Å²) in [5, 5.41) is 4.64. The van der Waals surface area contributed by atoms with Gasteiger partial charge < -0.3 is 0 Å². The first-order valence-corrected chi connectivity index (χ1v) is 15.8. The van der Waals surface area contributed by atoms with Gasteiger partial charge in [0.05, 0.1) is 23.3 Å². The van der Waals surface area contributed by atoms with Crippen molar-refractivity contribution < 1.29 is 0 Å². The van der Waals surface area contributed by atoms with Crippen molar-refractivity contribution in [2.45, 2.75) is 25.8 Å². The molecular weight excluding hydrogens is 505 g/mol. The number of rotatable bonds is 7. The Bertz CT molecular complexity index is 1700. The van der Waals surface area contributed by atoms with Crippen molar-refractivity contribution in [2.75, 3.05) is 0 Å². The summed E-state index contributed by atoms with van der Waals surface area (Å²) < 4.78 is 2.24. The third kappa shape index (κ3) is 3.91. The number of para-hydroxylation sites is 3. The number of imidazole rings is 1. The van der Waals surface area contributed by atoms with E-state index in [1.54, 1.807) is 10.9 Å². The zero-order valence-corrected chi connectivity index (χ0v) is 23.5. The number of hydrogen-bond donors (Lipinski definition) is 0. The molecule has 0 spiro atoms. The summed E-state index contributed by atoms with van der Waals surface area (Å²) in [7, 11) is -0.577. The minimum Gasteiger partial charge on any atom is -0.292 e. The Morgan fingerprint density at radius 2 is 1.43 bits per heavy atom. The Morgan fingerprint density at radius 1 is 0.800 bits per heavy atom. The number of nitrogens with zero attached hydrogens (tertiary/aromatic N) is 3. The molecule has 0 saturated heterocycles. The van der Waals surface area contributed by atoms with Crippen molar-refractivity contribution in [1.29, 1.82) is 0 Å². The molecule has 2 saturated carbocycles. The predicted octanol–water partition coefficient (Wildman–Crippen LogP) is 7.51. The molecule has 2 fully saturated rings. The molecule has 3 aliphatic carbocycles. The molecule has 2 bridgehead atoms. The van der Waals surface area contributed by atoms with Crippen molar-refractivity contribution in [1.82, 2.24) is 9.55 Å². The Labute approximate surface area is 237 Å². The minimum absolute atomic E-state index is 0.195. The summed E-state index contributed by atoms with van der Waals surface area (Å²) in [5.41, 5.74) is 5.01. The maximum absolute atomic E-state index is 5.32. The standard InChI is InChI=1S/C36H32N3P/c1-24(37-23-34-38-32-19-11-12-20-33(32)39(34)25-13-5-2-6-14-25)35-30-22-31(29-21-28(29)30)36(35)40(26-15-7-3-8-16-26)27-17-9-4-10-18-27/h2-20,23-24,28-30,35H,21-22H2,1H3/b37-23+/t24-,28?,29+,30?,35?/m0/s1. The molecular formula is C36H32N3P. The Hall–Kier alpha value is -3.81. The van der Waals surface area contributed by atoms with Gasteiger partial charge in [0.15, 0.2) is 5.82 Å². The van der Waals surface area contributed by atoms with Crippen molar-refractivity contribution in [3.63, 3.8) is 0 Å². The van der Waals surface area contributed by atoms with Gasteiger partial charge in [-0.05, 0) is 85.6 Å². The zero-order chi connectivity index (χ0) is 26.6. The quantitative estimate of drug-likeness (QED) is 0.156. The lowest BCUT2D eigenvalue weighted by Gasteiger charge is -2.33. The van der Waals surface area contributed by atoms with Crippen molar-refractivity contribution >= 4 is 35.8 Å².